The minimum absolute atomic E-state index is 0.00333. The van der Waals surface area contributed by atoms with Crippen molar-refractivity contribution >= 4 is 23.4 Å². The highest BCUT2D eigenvalue weighted by Gasteiger charge is 2.24. The van der Waals surface area contributed by atoms with Crippen molar-refractivity contribution in [3.05, 3.63) is 58.6 Å². The molecule has 0 saturated carbocycles. The van der Waals surface area contributed by atoms with Crippen LogP contribution in [0.4, 0.5) is 0 Å². The van der Waals surface area contributed by atoms with Gasteiger partial charge in [0.05, 0.1) is 31.2 Å². The van der Waals surface area contributed by atoms with Gasteiger partial charge >= 0.3 is 0 Å². The third kappa shape index (κ3) is 5.01. The van der Waals surface area contributed by atoms with Crippen molar-refractivity contribution in [2.24, 2.45) is 0 Å². The standard InChI is InChI=1S/C22H25ClN2O4/c1-28-17-8-9-20(29-2)16(14-17)15-21(26)24-10-5-11-25(13-12-24)22(27)18-6-3-4-7-19(18)23/h3-4,6-9,14H,5,10-13,15H2,1-2H3. The molecule has 7 heteroatoms. The molecule has 0 aliphatic carbocycles. The van der Waals surface area contributed by atoms with Gasteiger partial charge in [0.15, 0.2) is 0 Å². The highest BCUT2D eigenvalue weighted by Crippen LogP contribution is 2.25. The third-order valence-electron chi connectivity index (χ3n) is 5.07. The van der Waals surface area contributed by atoms with Gasteiger partial charge in [0.25, 0.3) is 5.91 Å². The van der Waals surface area contributed by atoms with E-state index in [0.717, 1.165) is 12.0 Å². The Labute approximate surface area is 176 Å². The molecule has 1 fully saturated rings. The second-order valence-electron chi connectivity index (χ2n) is 6.86. The van der Waals surface area contributed by atoms with Crippen molar-refractivity contribution in [3.63, 3.8) is 0 Å². The Bertz CT molecular complexity index is 887. The van der Waals surface area contributed by atoms with Crippen LogP contribution in [0.1, 0.15) is 22.3 Å². The van der Waals surface area contributed by atoms with E-state index < -0.39 is 0 Å². The topological polar surface area (TPSA) is 59.1 Å². The van der Waals surface area contributed by atoms with Crippen LogP contribution in [0.3, 0.4) is 0 Å². The number of nitrogens with zero attached hydrogens (tertiary/aromatic N) is 2. The summed E-state index contributed by atoms with van der Waals surface area (Å²) in [6.45, 7) is 2.17. The molecule has 0 radical (unpaired) electrons. The number of amides is 2. The van der Waals surface area contributed by atoms with E-state index in [4.69, 9.17) is 21.1 Å². The Morgan fingerprint density at radius 2 is 1.69 bits per heavy atom. The molecule has 0 atom stereocenters. The smallest absolute Gasteiger partial charge is 0.255 e. The zero-order chi connectivity index (χ0) is 20.8. The number of benzene rings is 2. The van der Waals surface area contributed by atoms with Gasteiger partial charge < -0.3 is 19.3 Å². The summed E-state index contributed by atoms with van der Waals surface area (Å²) in [6.07, 6.45) is 0.940. The molecule has 2 aromatic carbocycles. The number of hydrogen-bond acceptors (Lipinski definition) is 4. The van der Waals surface area contributed by atoms with Crippen molar-refractivity contribution in [1.82, 2.24) is 9.80 Å². The van der Waals surface area contributed by atoms with E-state index in [-0.39, 0.29) is 18.2 Å². The first kappa shape index (κ1) is 21.0. The molecule has 0 bridgehead atoms. The van der Waals surface area contributed by atoms with E-state index >= 15 is 0 Å². The summed E-state index contributed by atoms with van der Waals surface area (Å²) < 4.78 is 10.6. The van der Waals surface area contributed by atoms with Crippen LogP contribution in [-0.4, -0.2) is 62.0 Å². The molecule has 1 saturated heterocycles. The summed E-state index contributed by atoms with van der Waals surface area (Å²) in [4.78, 5) is 29.3. The molecule has 154 valence electrons. The van der Waals surface area contributed by atoms with Crippen LogP contribution < -0.4 is 9.47 Å². The van der Waals surface area contributed by atoms with Gasteiger partial charge in [-0.15, -0.1) is 0 Å². The Morgan fingerprint density at radius 1 is 0.966 bits per heavy atom. The Morgan fingerprint density at radius 3 is 2.41 bits per heavy atom. The van der Waals surface area contributed by atoms with Crippen molar-refractivity contribution < 1.29 is 19.1 Å². The van der Waals surface area contributed by atoms with Gasteiger partial charge in [-0.3, -0.25) is 9.59 Å². The van der Waals surface area contributed by atoms with Crippen molar-refractivity contribution in [2.45, 2.75) is 12.8 Å². The number of halogens is 1. The molecule has 0 unspecified atom stereocenters. The predicted molar refractivity (Wildman–Crippen MR) is 112 cm³/mol. The first-order valence-electron chi connectivity index (χ1n) is 9.56. The van der Waals surface area contributed by atoms with Gasteiger partial charge in [0.1, 0.15) is 11.5 Å². The van der Waals surface area contributed by atoms with Crippen LogP contribution in [0.2, 0.25) is 5.02 Å². The predicted octanol–water partition coefficient (Wildman–Crippen LogP) is 3.27. The molecule has 29 heavy (non-hydrogen) atoms. The molecule has 0 N–H and O–H groups in total. The lowest BCUT2D eigenvalue weighted by Crippen LogP contribution is -2.38. The molecular weight excluding hydrogens is 392 g/mol. The number of hydrogen-bond donors (Lipinski definition) is 0. The van der Waals surface area contributed by atoms with Crippen molar-refractivity contribution in [3.8, 4) is 11.5 Å². The maximum Gasteiger partial charge on any atom is 0.255 e. The van der Waals surface area contributed by atoms with Crippen LogP contribution in [0.5, 0.6) is 11.5 Å². The fourth-order valence-corrected chi connectivity index (χ4v) is 3.69. The van der Waals surface area contributed by atoms with E-state index in [9.17, 15) is 9.59 Å². The Hall–Kier alpha value is -2.73. The zero-order valence-electron chi connectivity index (χ0n) is 16.7. The fraction of sp³-hybridized carbons (Fsp3) is 0.364. The highest BCUT2D eigenvalue weighted by molar-refractivity contribution is 6.33. The maximum atomic E-state index is 12.9. The third-order valence-corrected chi connectivity index (χ3v) is 5.40. The van der Waals surface area contributed by atoms with Crippen molar-refractivity contribution in [2.75, 3.05) is 40.4 Å². The molecule has 3 rings (SSSR count). The van der Waals surface area contributed by atoms with Crippen LogP contribution in [0.15, 0.2) is 42.5 Å². The maximum absolute atomic E-state index is 12.9. The number of methoxy groups -OCH3 is 2. The van der Waals surface area contributed by atoms with Crippen LogP contribution in [-0.2, 0) is 11.2 Å². The molecule has 0 spiro atoms. The monoisotopic (exact) mass is 416 g/mol. The first-order chi connectivity index (χ1) is 14.0. The number of rotatable bonds is 5. The molecule has 0 aromatic heterocycles. The molecular formula is C22H25ClN2O4. The fourth-order valence-electron chi connectivity index (χ4n) is 3.47. The average molecular weight is 417 g/mol. The number of carbonyl (C=O) groups is 2. The zero-order valence-corrected chi connectivity index (χ0v) is 17.4. The SMILES string of the molecule is COc1ccc(OC)c(CC(=O)N2CCCN(C(=O)c3ccccc3Cl)CC2)c1. The first-order valence-corrected chi connectivity index (χ1v) is 9.93. The number of carbonyl (C=O) groups excluding carboxylic acids is 2. The summed E-state index contributed by atoms with van der Waals surface area (Å²) in [5, 5.41) is 0.444. The van der Waals surface area contributed by atoms with E-state index in [1.54, 1.807) is 60.4 Å². The summed E-state index contributed by atoms with van der Waals surface area (Å²) in [6, 6.07) is 12.5. The second kappa shape index (κ2) is 9.65. The van der Waals surface area contributed by atoms with Crippen molar-refractivity contribution in [1.29, 1.82) is 0 Å². The molecule has 1 aliphatic heterocycles. The van der Waals surface area contributed by atoms with Crippen LogP contribution in [0.25, 0.3) is 0 Å². The van der Waals surface area contributed by atoms with Crippen LogP contribution >= 0.6 is 11.6 Å². The van der Waals surface area contributed by atoms with Gasteiger partial charge in [-0.25, -0.2) is 0 Å². The summed E-state index contributed by atoms with van der Waals surface area (Å²) in [7, 11) is 3.17. The average Bonchev–Trinajstić information content (AvgIpc) is 3.00. The van der Waals surface area contributed by atoms with Crippen LogP contribution in [0, 0.1) is 0 Å². The lowest BCUT2D eigenvalue weighted by Gasteiger charge is -2.23. The Kier molecular flexibility index (Phi) is 6.99. The molecule has 2 aromatic rings. The molecule has 1 heterocycles. The lowest BCUT2D eigenvalue weighted by molar-refractivity contribution is -0.130. The molecule has 6 nitrogen and oxygen atoms in total. The number of ether oxygens (including phenoxy) is 2. The lowest BCUT2D eigenvalue weighted by atomic mass is 10.1. The van der Waals surface area contributed by atoms with E-state index in [0.29, 0.717) is 48.3 Å². The highest BCUT2D eigenvalue weighted by atomic mass is 35.5. The van der Waals surface area contributed by atoms with Gasteiger partial charge in [0, 0.05) is 31.7 Å². The van der Waals surface area contributed by atoms with E-state index in [2.05, 4.69) is 0 Å². The minimum atomic E-state index is -0.0978. The van der Waals surface area contributed by atoms with Gasteiger partial charge in [0.2, 0.25) is 5.91 Å². The van der Waals surface area contributed by atoms with Gasteiger partial charge in [-0.2, -0.15) is 0 Å². The Balaban J connectivity index is 1.66. The summed E-state index contributed by atoms with van der Waals surface area (Å²) in [5.41, 5.74) is 1.28. The van der Waals surface area contributed by atoms with Gasteiger partial charge in [-0.1, -0.05) is 23.7 Å². The summed E-state index contributed by atoms with van der Waals surface area (Å²) >= 11 is 6.17. The molecule has 1 aliphatic rings. The molecule has 2 amide bonds. The largest absolute Gasteiger partial charge is 0.497 e. The second-order valence-corrected chi connectivity index (χ2v) is 7.27. The van der Waals surface area contributed by atoms with E-state index in [1.807, 2.05) is 6.07 Å². The quantitative estimate of drug-likeness (QED) is 0.750. The van der Waals surface area contributed by atoms with E-state index in [1.165, 1.54) is 0 Å². The normalized spacial score (nSPS) is 14.3. The minimum Gasteiger partial charge on any atom is -0.497 e. The summed E-state index contributed by atoms with van der Waals surface area (Å²) in [5.74, 6) is 1.24. The van der Waals surface area contributed by atoms with Gasteiger partial charge in [-0.05, 0) is 36.8 Å².